The second-order valence-electron chi connectivity index (χ2n) is 4.56. The molecule has 0 aromatic carbocycles. The van der Waals surface area contributed by atoms with Crippen LogP contribution in [0.3, 0.4) is 0 Å². The van der Waals surface area contributed by atoms with Gasteiger partial charge in [-0.15, -0.1) is 0 Å². The van der Waals surface area contributed by atoms with Crippen molar-refractivity contribution in [3.05, 3.63) is 0 Å². The minimum absolute atomic E-state index is 0.0272. The SMILES string of the molecule is O=C1NC(=O)N2CCC[C@H]2[C@@H]1C1CC1. The highest BCUT2D eigenvalue weighted by Crippen LogP contribution is 2.43. The summed E-state index contributed by atoms with van der Waals surface area (Å²) in [5.74, 6) is 0.615. The Morgan fingerprint density at radius 1 is 1.21 bits per heavy atom. The minimum atomic E-state index is -0.172. The highest BCUT2D eigenvalue weighted by Gasteiger charge is 2.49. The number of hydrogen-bond acceptors (Lipinski definition) is 2. The van der Waals surface area contributed by atoms with E-state index in [9.17, 15) is 9.59 Å². The molecule has 0 spiro atoms. The zero-order valence-electron chi connectivity index (χ0n) is 8.03. The van der Waals surface area contributed by atoms with E-state index in [1.54, 1.807) is 0 Å². The van der Waals surface area contributed by atoms with Crippen LogP contribution in [-0.2, 0) is 4.79 Å². The van der Waals surface area contributed by atoms with E-state index in [0.717, 1.165) is 32.2 Å². The van der Waals surface area contributed by atoms with E-state index in [0.29, 0.717) is 5.92 Å². The van der Waals surface area contributed by atoms with Gasteiger partial charge in [0.1, 0.15) is 0 Å². The predicted octanol–water partition coefficient (Wildman–Crippen LogP) is 0.727. The minimum Gasteiger partial charge on any atom is -0.321 e. The summed E-state index contributed by atoms with van der Waals surface area (Å²) >= 11 is 0. The van der Waals surface area contributed by atoms with Crippen LogP contribution in [0, 0.1) is 11.8 Å². The van der Waals surface area contributed by atoms with Crippen molar-refractivity contribution < 1.29 is 9.59 Å². The fourth-order valence-corrected chi connectivity index (χ4v) is 2.84. The molecule has 0 bridgehead atoms. The molecule has 2 heterocycles. The molecule has 4 heteroatoms. The van der Waals surface area contributed by atoms with E-state index < -0.39 is 0 Å². The number of carbonyl (C=O) groups excluding carboxylic acids is 2. The molecule has 2 atom stereocenters. The van der Waals surface area contributed by atoms with Crippen LogP contribution in [0.25, 0.3) is 0 Å². The summed E-state index contributed by atoms with van der Waals surface area (Å²) in [6.45, 7) is 0.826. The zero-order chi connectivity index (χ0) is 9.71. The van der Waals surface area contributed by atoms with Gasteiger partial charge < -0.3 is 4.90 Å². The van der Waals surface area contributed by atoms with E-state index in [1.165, 1.54) is 0 Å². The van der Waals surface area contributed by atoms with Gasteiger partial charge in [-0.05, 0) is 31.6 Å². The van der Waals surface area contributed by atoms with Gasteiger partial charge >= 0.3 is 6.03 Å². The second kappa shape index (κ2) is 2.72. The summed E-state index contributed by atoms with van der Waals surface area (Å²) in [5.41, 5.74) is 0. The highest BCUT2D eigenvalue weighted by molar-refractivity contribution is 5.99. The Labute approximate surface area is 82.6 Å². The van der Waals surface area contributed by atoms with Crippen molar-refractivity contribution in [2.24, 2.45) is 11.8 Å². The van der Waals surface area contributed by atoms with Gasteiger partial charge in [0.2, 0.25) is 5.91 Å². The Morgan fingerprint density at radius 3 is 2.71 bits per heavy atom. The average Bonchev–Trinajstić information content (AvgIpc) is 2.81. The predicted molar refractivity (Wildman–Crippen MR) is 49.5 cm³/mol. The molecule has 0 radical (unpaired) electrons. The topological polar surface area (TPSA) is 49.4 Å². The van der Waals surface area contributed by atoms with Gasteiger partial charge in [-0.3, -0.25) is 10.1 Å². The average molecular weight is 194 g/mol. The molecule has 2 aliphatic heterocycles. The number of nitrogens with one attached hydrogen (secondary N) is 1. The number of amides is 3. The molecule has 0 unspecified atom stereocenters. The molecule has 1 aliphatic carbocycles. The van der Waals surface area contributed by atoms with Crippen molar-refractivity contribution in [2.75, 3.05) is 6.54 Å². The van der Waals surface area contributed by atoms with Crippen LogP contribution >= 0.6 is 0 Å². The highest BCUT2D eigenvalue weighted by atomic mass is 16.2. The number of nitrogens with zero attached hydrogens (tertiary/aromatic N) is 1. The summed E-state index contributed by atoms with van der Waals surface area (Å²) in [4.78, 5) is 25.0. The molecular weight excluding hydrogens is 180 g/mol. The van der Waals surface area contributed by atoms with Gasteiger partial charge in [0, 0.05) is 12.6 Å². The van der Waals surface area contributed by atoms with Gasteiger partial charge in [-0.2, -0.15) is 0 Å². The normalized spacial score (nSPS) is 37.0. The Hall–Kier alpha value is -1.06. The van der Waals surface area contributed by atoms with Gasteiger partial charge in [0.25, 0.3) is 0 Å². The fraction of sp³-hybridized carbons (Fsp3) is 0.800. The Morgan fingerprint density at radius 2 is 2.00 bits per heavy atom. The maximum atomic E-state index is 11.7. The van der Waals surface area contributed by atoms with Crippen LogP contribution in [0.2, 0.25) is 0 Å². The molecule has 1 saturated carbocycles. The molecule has 1 N–H and O–H groups in total. The summed E-state index contributed by atoms with van der Waals surface area (Å²) in [6, 6.07) is 0.0400. The van der Waals surface area contributed by atoms with Crippen molar-refractivity contribution in [3.63, 3.8) is 0 Å². The van der Waals surface area contributed by atoms with Crippen molar-refractivity contribution in [2.45, 2.75) is 31.7 Å². The summed E-state index contributed by atoms with van der Waals surface area (Å²) in [7, 11) is 0. The molecule has 2 saturated heterocycles. The van der Waals surface area contributed by atoms with E-state index in [2.05, 4.69) is 5.32 Å². The van der Waals surface area contributed by atoms with Gasteiger partial charge in [0.05, 0.1) is 5.92 Å². The molecular formula is C10H14N2O2. The smallest absolute Gasteiger partial charge is 0.321 e. The number of carbonyl (C=O) groups is 2. The third kappa shape index (κ3) is 1.06. The van der Waals surface area contributed by atoms with Crippen LogP contribution in [0.5, 0.6) is 0 Å². The standard InChI is InChI=1S/C10H14N2O2/c13-9-8(6-3-4-6)7-2-1-5-12(7)10(14)11-9/h6-8H,1-5H2,(H,11,13,14)/t7-,8-/m0/s1. The van der Waals surface area contributed by atoms with E-state index in [4.69, 9.17) is 0 Å². The number of imide groups is 1. The maximum Gasteiger partial charge on any atom is 0.324 e. The van der Waals surface area contributed by atoms with Crippen LogP contribution in [-0.4, -0.2) is 29.4 Å². The first kappa shape index (κ1) is 8.26. The molecule has 4 nitrogen and oxygen atoms in total. The molecule has 14 heavy (non-hydrogen) atoms. The monoisotopic (exact) mass is 194 g/mol. The lowest BCUT2D eigenvalue weighted by Crippen LogP contribution is -2.58. The molecule has 0 aromatic heterocycles. The summed E-state index contributed by atoms with van der Waals surface area (Å²) in [5, 5.41) is 2.47. The molecule has 3 aliphatic rings. The maximum absolute atomic E-state index is 11.7. The Kier molecular flexibility index (Phi) is 1.60. The van der Waals surface area contributed by atoms with E-state index >= 15 is 0 Å². The Bertz CT molecular complexity index is 298. The number of hydrogen-bond donors (Lipinski definition) is 1. The quantitative estimate of drug-likeness (QED) is 0.669. The third-order valence-electron chi connectivity index (χ3n) is 3.64. The van der Waals surface area contributed by atoms with Gasteiger partial charge in [0.15, 0.2) is 0 Å². The first-order valence-corrected chi connectivity index (χ1v) is 5.39. The van der Waals surface area contributed by atoms with E-state index in [-0.39, 0.29) is 23.9 Å². The number of urea groups is 1. The lowest BCUT2D eigenvalue weighted by atomic mass is 9.90. The van der Waals surface area contributed by atoms with Crippen LogP contribution in [0.4, 0.5) is 4.79 Å². The second-order valence-corrected chi connectivity index (χ2v) is 4.56. The van der Waals surface area contributed by atoms with Crippen molar-refractivity contribution in [3.8, 4) is 0 Å². The fourth-order valence-electron chi connectivity index (χ4n) is 2.84. The van der Waals surface area contributed by atoms with Crippen molar-refractivity contribution in [1.82, 2.24) is 10.2 Å². The van der Waals surface area contributed by atoms with Crippen LogP contribution in [0.15, 0.2) is 0 Å². The number of rotatable bonds is 1. The van der Waals surface area contributed by atoms with Crippen LogP contribution < -0.4 is 5.32 Å². The van der Waals surface area contributed by atoms with Crippen molar-refractivity contribution >= 4 is 11.9 Å². The lowest BCUT2D eigenvalue weighted by molar-refractivity contribution is -0.128. The lowest BCUT2D eigenvalue weighted by Gasteiger charge is -2.35. The largest absolute Gasteiger partial charge is 0.324 e. The molecule has 3 amide bonds. The first-order valence-electron chi connectivity index (χ1n) is 5.39. The molecule has 0 aromatic rings. The van der Waals surface area contributed by atoms with Gasteiger partial charge in [-0.1, -0.05) is 0 Å². The molecule has 76 valence electrons. The summed E-state index contributed by atoms with van der Waals surface area (Å²) < 4.78 is 0. The third-order valence-corrected chi connectivity index (χ3v) is 3.64. The molecule has 3 fully saturated rings. The van der Waals surface area contributed by atoms with Crippen molar-refractivity contribution in [1.29, 1.82) is 0 Å². The number of fused-ring (bicyclic) bond motifs is 1. The zero-order valence-corrected chi connectivity index (χ0v) is 8.03. The Balaban J connectivity index is 1.88. The summed E-state index contributed by atoms with van der Waals surface area (Å²) in [6.07, 6.45) is 4.39. The first-order chi connectivity index (χ1) is 6.77. The van der Waals surface area contributed by atoms with Gasteiger partial charge in [-0.25, -0.2) is 4.79 Å². The van der Waals surface area contributed by atoms with E-state index in [1.807, 2.05) is 4.90 Å². The van der Waals surface area contributed by atoms with Crippen LogP contribution in [0.1, 0.15) is 25.7 Å². The molecule has 3 rings (SSSR count).